The van der Waals surface area contributed by atoms with Gasteiger partial charge in [-0.1, -0.05) is 0 Å². The minimum absolute atomic E-state index is 0.274. The van der Waals surface area contributed by atoms with Crippen LogP contribution in [-0.2, 0) is 14.3 Å². The standard InChI is InChI=1S/C13H21NO4S/c1-13(2,3)18-12(17)14-9(7-15)8-19-11-5-4-10(16)6-11/h7,9,11H,4-6,8H2,1-3H3,(H,14,17)/t9-,11-/m1/s1. The maximum atomic E-state index is 11.5. The molecule has 0 heterocycles. The van der Waals surface area contributed by atoms with E-state index in [0.717, 1.165) is 6.42 Å². The molecule has 0 bridgehead atoms. The maximum absolute atomic E-state index is 11.5. The molecular weight excluding hydrogens is 266 g/mol. The van der Waals surface area contributed by atoms with E-state index in [1.807, 2.05) is 0 Å². The zero-order chi connectivity index (χ0) is 14.5. The number of carbonyl (C=O) groups excluding carboxylic acids is 3. The van der Waals surface area contributed by atoms with E-state index >= 15 is 0 Å². The predicted octanol–water partition coefficient (Wildman–Crippen LogP) is 1.93. The fraction of sp³-hybridized carbons (Fsp3) is 0.769. The molecule has 0 saturated heterocycles. The predicted molar refractivity (Wildman–Crippen MR) is 74.3 cm³/mol. The Morgan fingerprint density at radius 2 is 2.26 bits per heavy atom. The molecule has 19 heavy (non-hydrogen) atoms. The summed E-state index contributed by atoms with van der Waals surface area (Å²) < 4.78 is 5.09. The molecule has 0 radical (unpaired) electrons. The van der Waals surface area contributed by atoms with E-state index in [9.17, 15) is 14.4 Å². The van der Waals surface area contributed by atoms with Gasteiger partial charge in [0.05, 0.1) is 6.04 Å². The summed E-state index contributed by atoms with van der Waals surface area (Å²) in [6.45, 7) is 5.30. The molecule has 0 aliphatic heterocycles. The average molecular weight is 287 g/mol. The lowest BCUT2D eigenvalue weighted by molar-refractivity contribution is -0.117. The smallest absolute Gasteiger partial charge is 0.408 e. The van der Waals surface area contributed by atoms with Gasteiger partial charge in [-0.25, -0.2) is 4.79 Å². The van der Waals surface area contributed by atoms with E-state index in [1.54, 1.807) is 32.5 Å². The van der Waals surface area contributed by atoms with Crippen molar-refractivity contribution >= 4 is 29.9 Å². The van der Waals surface area contributed by atoms with Crippen molar-refractivity contribution < 1.29 is 19.1 Å². The van der Waals surface area contributed by atoms with E-state index in [0.29, 0.717) is 24.9 Å². The largest absolute Gasteiger partial charge is 0.444 e. The quantitative estimate of drug-likeness (QED) is 0.782. The molecule has 0 aromatic rings. The number of rotatable bonds is 5. The van der Waals surface area contributed by atoms with Crippen LogP contribution in [0, 0.1) is 0 Å². The second-order valence-corrected chi connectivity index (χ2v) is 6.96. The van der Waals surface area contributed by atoms with Crippen molar-refractivity contribution in [3.63, 3.8) is 0 Å². The van der Waals surface area contributed by atoms with Crippen LogP contribution >= 0.6 is 11.8 Å². The van der Waals surface area contributed by atoms with Crippen molar-refractivity contribution in [3.8, 4) is 0 Å². The molecule has 6 heteroatoms. The molecule has 0 spiro atoms. The maximum Gasteiger partial charge on any atom is 0.408 e. The van der Waals surface area contributed by atoms with Gasteiger partial charge in [0, 0.05) is 23.8 Å². The Bertz CT molecular complexity index is 351. The van der Waals surface area contributed by atoms with Gasteiger partial charge in [-0.2, -0.15) is 11.8 Å². The van der Waals surface area contributed by atoms with Crippen molar-refractivity contribution in [2.75, 3.05) is 5.75 Å². The second kappa shape index (κ2) is 6.93. The zero-order valence-corrected chi connectivity index (χ0v) is 12.4. The van der Waals surface area contributed by atoms with Crippen LogP contribution in [0.3, 0.4) is 0 Å². The number of nitrogens with one attached hydrogen (secondary N) is 1. The van der Waals surface area contributed by atoms with Crippen LogP contribution in [0.5, 0.6) is 0 Å². The topological polar surface area (TPSA) is 72.5 Å². The van der Waals surface area contributed by atoms with E-state index in [-0.39, 0.29) is 11.0 Å². The van der Waals surface area contributed by atoms with Gasteiger partial charge in [0.2, 0.25) is 0 Å². The van der Waals surface area contributed by atoms with E-state index in [2.05, 4.69) is 5.32 Å². The lowest BCUT2D eigenvalue weighted by Crippen LogP contribution is -2.41. The number of amides is 1. The molecule has 1 N–H and O–H groups in total. The Balaban J connectivity index is 2.31. The van der Waals surface area contributed by atoms with Crippen LogP contribution < -0.4 is 5.32 Å². The number of hydrogen-bond acceptors (Lipinski definition) is 5. The van der Waals surface area contributed by atoms with Crippen LogP contribution in [0.4, 0.5) is 4.79 Å². The summed E-state index contributed by atoms with van der Waals surface area (Å²) >= 11 is 1.56. The first-order valence-electron chi connectivity index (χ1n) is 6.38. The zero-order valence-electron chi connectivity index (χ0n) is 11.6. The first-order chi connectivity index (χ1) is 8.80. The highest BCUT2D eigenvalue weighted by atomic mass is 32.2. The van der Waals surface area contributed by atoms with Gasteiger partial charge in [-0.05, 0) is 27.2 Å². The number of alkyl carbamates (subject to hydrolysis) is 1. The fourth-order valence-corrected chi connectivity index (χ4v) is 2.97. The molecule has 0 aromatic heterocycles. The highest BCUT2D eigenvalue weighted by Gasteiger charge is 2.24. The number of hydrogen-bond donors (Lipinski definition) is 1. The lowest BCUT2D eigenvalue weighted by Gasteiger charge is -2.21. The van der Waals surface area contributed by atoms with Gasteiger partial charge in [-0.3, -0.25) is 4.79 Å². The number of ether oxygens (including phenoxy) is 1. The van der Waals surface area contributed by atoms with Crippen molar-refractivity contribution in [3.05, 3.63) is 0 Å². The summed E-state index contributed by atoms with van der Waals surface area (Å²) in [5, 5.41) is 2.80. The number of ketones is 1. The third-order valence-electron chi connectivity index (χ3n) is 2.58. The Kier molecular flexibility index (Phi) is 5.85. The van der Waals surface area contributed by atoms with Crippen LogP contribution in [0.1, 0.15) is 40.0 Å². The molecule has 2 atom stereocenters. The molecule has 1 saturated carbocycles. The lowest BCUT2D eigenvalue weighted by atomic mass is 10.2. The van der Waals surface area contributed by atoms with E-state index in [4.69, 9.17) is 4.74 Å². The summed E-state index contributed by atoms with van der Waals surface area (Å²) in [5.41, 5.74) is -0.581. The van der Waals surface area contributed by atoms with Gasteiger partial charge in [0.25, 0.3) is 0 Å². The van der Waals surface area contributed by atoms with Crippen molar-refractivity contribution in [1.29, 1.82) is 0 Å². The summed E-state index contributed by atoms with van der Waals surface area (Å²) in [6.07, 6.45) is 2.17. The first kappa shape index (κ1) is 16.0. The number of thioether (sulfide) groups is 1. The van der Waals surface area contributed by atoms with Gasteiger partial charge in [-0.15, -0.1) is 0 Å². The molecule has 0 aromatic carbocycles. The SMILES string of the molecule is CC(C)(C)OC(=O)N[C@H](C=O)CS[C@@H]1CCC(=O)C1. The summed E-state index contributed by atoms with van der Waals surface area (Å²) in [5.74, 6) is 0.751. The van der Waals surface area contributed by atoms with Crippen molar-refractivity contribution in [1.82, 2.24) is 5.32 Å². The van der Waals surface area contributed by atoms with Gasteiger partial charge in [0.15, 0.2) is 0 Å². The van der Waals surface area contributed by atoms with Crippen LogP contribution in [0.2, 0.25) is 0 Å². The second-order valence-electron chi connectivity index (χ2n) is 5.63. The Hall–Kier alpha value is -1.04. The van der Waals surface area contributed by atoms with Gasteiger partial charge < -0.3 is 14.8 Å². The minimum Gasteiger partial charge on any atom is -0.444 e. The average Bonchev–Trinajstić information content (AvgIpc) is 2.67. The monoisotopic (exact) mass is 287 g/mol. The van der Waals surface area contributed by atoms with E-state index < -0.39 is 17.7 Å². The Labute approximate surface area is 117 Å². The third-order valence-corrected chi connectivity index (χ3v) is 4.00. The highest BCUT2D eigenvalue weighted by Crippen LogP contribution is 2.27. The van der Waals surface area contributed by atoms with Crippen LogP contribution in [0.15, 0.2) is 0 Å². The van der Waals surface area contributed by atoms with Crippen molar-refractivity contribution in [2.45, 2.75) is 56.9 Å². The molecule has 5 nitrogen and oxygen atoms in total. The molecule has 1 aliphatic carbocycles. The number of carbonyl (C=O) groups is 3. The van der Waals surface area contributed by atoms with Gasteiger partial charge >= 0.3 is 6.09 Å². The Morgan fingerprint density at radius 3 is 2.74 bits per heavy atom. The molecule has 108 valence electrons. The first-order valence-corrected chi connectivity index (χ1v) is 7.43. The number of aldehydes is 1. The van der Waals surface area contributed by atoms with Crippen molar-refractivity contribution in [2.24, 2.45) is 0 Å². The summed E-state index contributed by atoms with van der Waals surface area (Å²) in [4.78, 5) is 33.6. The number of Topliss-reactive ketones (excluding diaryl/α,β-unsaturated/α-hetero) is 1. The minimum atomic E-state index is -0.590. The normalized spacial score (nSPS) is 21.0. The van der Waals surface area contributed by atoms with Gasteiger partial charge in [0.1, 0.15) is 17.7 Å². The summed E-state index contributed by atoms with van der Waals surface area (Å²) in [7, 11) is 0. The third kappa shape index (κ3) is 6.61. The molecule has 1 rings (SSSR count). The Morgan fingerprint density at radius 1 is 1.58 bits per heavy atom. The summed E-state index contributed by atoms with van der Waals surface area (Å²) in [6, 6.07) is -0.574. The highest BCUT2D eigenvalue weighted by molar-refractivity contribution is 8.00. The van der Waals surface area contributed by atoms with Crippen LogP contribution in [0.25, 0.3) is 0 Å². The van der Waals surface area contributed by atoms with Crippen LogP contribution in [-0.4, -0.2) is 40.8 Å². The molecule has 1 amide bonds. The van der Waals surface area contributed by atoms with E-state index in [1.165, 1.54) is 0 Å². The molecule has 1 fully saturated rings. The fourth-order valence-electron chi connectivity index (χ4n) is 1.74. The molecule has 1 aliphatic rings. The molecular formula is C13H21NO4S. The molecule has 0 unspecified atom stereocenters.